The first-order valence-corrected chi connectivity index (χ1v) is 7.51. The molecule has 7 heteroatoms. The van der Waals surface area contributed by atoms with Crippen LogP contribution in [0.5, 0.6) is 5.88 Å². The van der Waals surface area contributed by atoms with E-state index in [0.717, 1.165) is 34.5 Å². The molecule has 2 heterocycles. The summed E-state index contributed by atoms with van der Waals surface area (Å²) in [6.07, 6.45) is 2.20. The van der Waals surface area contributed by atoms with Crippen LogP contribution in [0, 0.1) is 6.92 Å². The van der Waals surface area contributed by atoms with Gasteiger partial charge in [0.25, 0.3) is 0 Å². The topological polar surface area (TPSA) is 82.3 Å². The van der Waals surface area contributed by atoms with Crippen molar-refractivity contribution in [1.82, 2.24) is 9.97 Å². The zero-order valence-corrected chi connectivity index (χ0v) is 12.6. The summed E-state index contributed by atoms with van der Waals surface area (Å²) in [4.78, 5) is 10.6. The van der Waals surface area contributed by atoms with Crippen molar-refractivity contribution in [3.63, 3.8) is 0 Å². The van der Waals surface area contributed by atoms with E-state index in [1.807, 2.05) is 13.0 Å². The Morgan fingerprint density at radius 2 is 2.15 bits per heavy atom. The molecule has 2 rings (SSSR count). The smallest absolute Gasteiger partial charge is 0.241 e. The third kappa shape index (κ3) is 3.78. The van der Waals surface area contributed by atoms with Gasteiger partial charge in [-0.1, -0.05) is 13.3 Å². The third-order valence-electron chi connectivity index (χ3n) is 2.72. The van der Waals surface area contributed by atoms with E-state index in [0.29, 0.717) is 25.0 Å². The highest BCUT2D eigenvalue weighted by molar-refractivity contribution is 7.18. The lowest BCUT2D eigenvalue weighted by Crippen LogP contribution is -2.12. The van der Waals surface area contributed by atoms with Crippen LogP contribution in [0.3, 0.4) is 0 Å². The molecule has 3 N–H and O–H groups in total. The van der Waals surface area contributed by atoms with Crippen LogP contribution in [-0.4, -0.2) is 29.8 Å². The molecule has 0 spiro atoms. The van der Waals surface area contributed by atoms with E-state index < -0.39 is 0 Å². The second-order valence-corrected chi connectivity index (χ2v) is 5.62. The average Bonchev–Trinajstić information content (AvgIpc) is 2.82. The molecule has 0 bridgehead atoms. The largest absolute Gasteiger partial charge is 0.475 e. The highest BCUT2D eigenvalue weighted by atomic mass is 32.1. The third-order valence-corrected chi connectivity index (χ3v) is 3.66. The Balaban J connectivity index is 2.00. The van der Waals surface area contributed by atoms with Crippen LogP contribution >= 0.6 is 11.3 Å². The first-order chi connectivity index (χ1) is 9.74. The van der Waals surface area contributed by atoms with Crippen molar-refractivity contribution >= 4 is 27.5 Å². The number of fused-ring (bicyclic) bond motifs is 1. The molecule has 0 unspecified atom stereocenters. The van der Waals surface area contributed by atoms with Gasteiger partial charge >= 0.3 is 0 Å². The maximum Gasteiger partial charge on any atom is 0.241 e. The van der Waals surface area contributed by atoms with Gasteiger partial charge in [-0.25, -0.2) is 10.8 Å². The molecule has 0 fully saturated rings. The number of anilines is 1. The van der Waals surface area contributed by atoms with Crippen LogP contribution in [0.4, 0.5) is 5.95 Å². The summed E-state index contributed by atoms with van der Waals surface area (Å²) in [5.41, 5.74) is 2.46. The van der Waals surface area contributed by atoms with Gasteiger partial charge in [-0.2, -0.15) is 4.98 Å². The van der Waals surface area contributed by atoms with Crippen LogP contribution in [-0.2, 0) is 4.74 Å². The number of ether oxygens (including phenoxy) is 2. The monoisotopic (exact) mass is 296 g/mol. The van der Waals surface area contributed by atoms with Gasteiger partial charge < -0.3 is 9.47 Å². The maximum atomic E-state index is 5.69. The number of aromatic nitrogens is 2. The molecule has 0 amide bonds. The van der Waals surface area contributed by atoms with Crippen molar-refractivity contribution in [2.24, 2.45) is 5.84 Å². The van der Waals surface area contributed by atoms with E-state index >= 15 is 0 Å². The van der Waals surface area contributed by atoms with Gasteiger partial charge in [-0.05, 0) is 19.4 Å². The number of nitrogens with one attached hydrogen (secondary N) is 1. The Morgan fingerprint density at radius 1 is 1.30 bits per heavy atom. The molecule has 0 aliphatic heterocycles. The molecular weight excluding hydrogens is 276 g/mol. The highest BCUT2D eigenvalue weighted by Gasteiger charge is 2.11. The molecule has 2 aromatic rings. The van der Waals surface area contributed by atoms with Crippen molar-refractivity contribution < 1.29 is 9.47 Å². The second kappa shape index (κ2) is 7.37. The van der Waals surface area contributed by atoms with Gasteiger partial charge in [0.15, 0.2) is 0 Å². The summed E-state index contributed by atoms with van der Waals surface area (Å²) >= 11 is 1.59. The maximum absolute atomic E-state index is 5.69. The van der Waals surface area contributed by atoms with E-state index in [9.17, 15) is 0 Å². The Hall–Kier alpha value is -1.44. The molecule has 2 aromatic heterocycles. The number of hydrogen-bond donors (Lipinski definition) is 2. The minimum Gasteiger partial charge on any atom is -0.475 e. The van der Waals surface area contributed by atoms with Crippen LogP contribution in [0.1, 0.15) is 24.6 Å². The summed E-state index contributed by atoms with van der Waals surface area (Å²) in [5, 5.41) is 0.917. The van der Waals surface area contributed by atoms with Crippen molar-refractivity contribution in [3.05, 3.63) is 10.9 Å². The minimum atomic E-state index is 0.362. The van der Waals surface area contributed by atoms with Crippen molar-refractivity contribution in [1.29, 1.82) is 0 Å². The summed E-state index contributed by atoms with van der Waals surface area (Å²) in [6, 6.07) is 2.02. The molecule has 110 valence electrons. The predicted octanol–water partition coefficient (Wildman–Crippen LogP) is 2.48. The van der Waals surface area contributed by atoms with Gasteiger partial charge in [0.1, 0.15) is 11.4 Å². The Morgan fingerprint density at radius 3 is 2.90 bits per heavy atom. The normalized spacial score (nSPS) is 10.9. The number of hydrogen-bond acceptors (Lipinski definition) is 7. The fourth-order valence-electron chi connectivity index (χ4n) is 1.74. The molecule has 0 atom stereocenters. The Kier molecular flexibility index (Phi) is 5.51. The Labute approximate surface area is 122 Å². The molecule has 6 nitrogen and oxygen atoms in total. The first-order valence-electron chi connectivity index (χ1n) is 6.70. The Bertz CT molecular complexity index is 559. The zero-order chi connectivity index (χ0) is 14.4. The number of aryl methyl sites for hydroxylation is 1. The van der Waals surface area contributed by atoms with Crippen molar-refractivity contribution in [3.8, 4) is 5.88 Å². The second-order valence-electron chi connectivity index (χ2n) is 4.39. The lowest BCUT2D eigenvalue weighted by Gasteiger charge is -2.08. The molecule has 20 heavy (non-hydrogen) atoms. The molecular formula is C13H20N4O2S. The molecule has 0 radical (unpaired) electrons. The average molecular weight is 296 g/mol. The highest BCUT2D eigenvalue weighted by Crippen LogP contribution is 2.30. The van der Waals surface area contributed by atoms with E-state index in [2.05, 4.69) is 22.3 Å². The van der Waals surface area contributed by atoms with Gasteiger partial charge in [-0.15, -0.1) is 11.3 Å². The fourth-order valence-corrected chi connectivity index (χ4v) is 2.61. The zero-order valence-electron chi connectivity index (χ0n) is 11.8. The molecule has 0 aliphatic rings. The van der Waals surface area contributed by atoms with Crippen LogP contribution in [0.2, 0.25) is 0 Å². The summed E-state index contributed by atoms with van der Waals surface area (Å²) in [5.74, 6) is 6.29. The number of unbranched alkanes of at least 4 members (excludes halogenated alkanes) is 1. The standard InChI is InChI=1S/C13H20N4O2S/c1-3-4-5-18-6-7-19-11-10-8-9(2)20-12(10)16-13(15-11)17-14/h8H,3-7,14H2,1-2H3,(H,15,16,17). The minimum absolute atomic E-state index is 0.362. The quantitative estimate of drug-likeness (QED) is 0.442. The number of nitrogens with zero attached hydrogens (tertiary/aromatic N) is 2. The SMILES string of the molecule is CCCCOCCOc1nc(NN)nc2sc(C)cc12. The number of hydrazine groups is 1. The summed E-state index contributed by atoms with van der Waals surface area (Å²) in [7, 11) is 0. The van der Waals surface area contributed by atoms with E-state index in [1.165, 1.54) is 0 Å². The lowest BCUT2D eigenvalue weighted by atomic mass is 10.3. The number of thiophene rings is 1. The van der Waals surface area contributed by atoms with Crippen molar-refractivity contribution in [2.45, 2.75) is 26.7 Å². The molecule has 0 saturated carbocycles. The number of rotatable bonds is 8. The van der Waals surface area contributed by atoms with Crippen LogP contribution < -0.4 is 16.0 Å². The van der Waals surface area contributed by atoms with E-state index in [-0.39, 0.29) is 0 Å². The van der Waals surface area contributed by atoms with E-state index in [1.54, 1.807) is 11.3 Å². The fraction of sp³-hybridized carbons (Fsp3) is 0.538. The summed E-state index contributed by atoms with van der Waals surface area (Å²) < 4.78 is 11.2. The molecule has 0 saturated heterocycles. The number of nitrogens with two attached hydrogens (primary N) is 1. The van der Waals surface area contributed by atoms with Crippen LogP contribution in [0.25, 0.3) is 10.2 Å². The van der Waals surface area contributed by atoms with Gasteiger partial charge in [0.05, 0.1) is 12.0 Å². The van der Waals surface area contributed by atoms with E-state index in [4.69, 9.17) is 15.3 Å². The molecule has 0 aliphatic carbocycles. The van der Waals surface area contributed by atoms with Gasteiger partial charge in [-0.3, -0.25) is 5.43 Å². The lowest BCUT2D eigenvalue weighted by molar-refractivity contribution is 0.0971. The first kappa shape index (κ1) is 15.0. The van der Waals surface area contributed by atoms with Gasteiger partial charge in [0.2, 0.25) is 11.8 Å². The predicted molar refractivity (Wildman–Crippen MR) is 81.2 cm³/mol. The molecule has 0 aromatic carbocycles. The van der Waals surface area contributed by atoms with Gasteiger partial charge in [0, 0.05) is 11.5 Å². The van der Waals surface area contributed by atoms with Crippen LogP contribution in [0.15, 0.2) is 6.07 Å². The van der Waals surface area contributed by atoms with Crippen molar-refractivity contribution in [2.75, 3.05) is 25.2 Å². The summed E-state index contributed by atoms with van der Waals surface area (Å²) in [6.45, 7) is 5.96. The number of nitrogen functional groups attached to an aromatic ring is 1.